The maximum atomic E-state index is 5.00. The lowest BCUT2D eigenvalue weighted by Gasteiger charge is -2.32. The van der Waals surface area contributed by atoms with E-state index in [1.54, 1.807) is 0 Å². The van der Waals surface area contributed by atoms with Crippen LogP contribution < -0.4 is 5.32 Å². The molecular formula is C50H52N4. The Morgan fingerprint density at radius 3 is 2.24 bits per heavy atom. The maximum absolute atomic E-state index is 5.00. The van der Waals surface area contributed by atoms with Crippen LogP contribution in [0, 0.1) is 6.92 Å². The van der Waals surface area contributed by atoms with Gasteiger partial charge in [0.25, 0.3) is 0 Å². The highest BCUT2D eigenvalue weighted by Crippen LogP contribution is 2.42. The second-order valence-electron chi connectivity index (χ2n) is 14.0. The molecule has 4 nitrogen and oxygen atoms in total. The summed E-state index contributed by atoms with van der Waals surface area (Å²) in [5, 5.41) is 3.72. The standard InChI is InChI=1S/C26H24N2.C24H28N2/c1-17-15-23(19-9-5-3-6-10-19)21-13-14-22-24(20-11-7-4-8-12-20)16-18(2)28-26(22)25(21)27-17;1-4-7-8-9-11-21-14-16-25-18-22(21)12-13-23-19-26-17-15-24(23)20(6-3)10-5-2/h3-12,15-17,27H,13-14H2,1-2H3;4-6,9,11,14-20H,1-3,7-8,10,12-13H2/b;11-9+. The smallest absolute Gasteiger partial charge is 0.0905 e. The summed E-state index contributed by atoms with van der Waals surface area (Å²) < 4.78 is 0. The molecule has 0 fully saturated rings. The average molecular weight is 709 g/mol. The molecular weight excluding hydrogens is 657 g/mol. The van der Waals surface area contributed by atoms with Crippen LogP contribution in [0.5, 0.6) is 0 Å². The minimum absolute atomic E-state index is 0.280. The van der Waals surface area contributed by atoms with Crippen LogP contribution in [0.4, 0.5) is 0 Å². The van der Waals surface area contributed by atoms with Gasteiger partial charge in [0.15, 0.2) is 0 Å². The first-order valence-electron chi connectivity index (χ1n) is 19.2. The zero-order valence-corrected chi connectivity index (χ0v) is 31.8. The van der Waals surface area contributed by atoms with Gasteiger partial charge < -0.3 is 5.32 Å². The van der Waals surface area contributed by atoms with Crippen LogP contribution in [0.15, 0.2) is 159 Å². The first-order chi connectivity index (χ1) is 26.5. The SMILES string of the molecule is C=CCC/C=C/c1ccncc1CCc1cnccc1C(C=C)CC=C.Cc1cc(-c2ccccc2)c2c(n1)C1=C(CC2)C(c2ccccc2)=CC(C)N1. The van der Waals surface area contributed by atoms with Gasteiger partial charge in [-0.1, -0.05) is 97.1 Å². The molecule has 0 radical (unpaired) electrons. The highest BCUT2D eigenvalue weighted by molar-refractivity contribution is 5.93. The number of dihydropyridines is 1. The Bertz CT molecular complexity index is 2160. The van der Waals surface area contributed by atoms with Crippen molar-refractivity contribution in [1.29, 1.82) is 0 Å². The zero-order chi connectivity index (χ0) is 37.7. The van der Waals surface area contributed by atoms with Gasteiger partial charge >= 0.3 is 0 Å². The van der Waals surface area contributed by atoms with E-state index in [2.05, 4.69) is 146 Å². The molecule has 3 aromatic heterocycles. The number of hydrogen-bond acceptors (Lipinski definition) is 4. The second kappa shape index (κ2) is 18.8. The minimum Gasteiger partial charge on any atom is -0.377 e. The number of pyridine rings is 3. The molecule has 1 aliphatic heterocycles. The Hall–Kier alpha value is -5.87. The van der Waals surface area contributed by atoms with Gasteiger partial charge in [-0.15, -0.1) is 19.7 Å². The normalized spacial score (nSPS) is 15.1. The van der Waals surface area contributed by atoms with E-state index in [0.717, 1.165) is 56.3 Å². The third-order valence-electron chi connectivity index (χ3n) is 10.2. The summed E-state index contributed by atoms with van der Waals surface area (Å²) in [5.41, 5.74) is 16.5. The fraction of sp³-hybridized carbons (Fsp3) is 0.220. The van der Waals surface area contributed by atoms with E-state index in [1.165, 1.54) is 61.4 Å². The van der Waals surface area contributed by atoms with Crippen LogP contribution in [0.1, 0.15) is 83.3 Å². The lowest BCUT2D eigenvalue weighted by atomic mass is 9.80. The maximum Gasteiger partial charge on any atom is 0.0905 e. The molecule has 0 amide bonds. The van der Waals surface area contributed by atoms with Crippen molar-refractivity contribution in [3.8, 4) is 11.1 Å². The summed E-state index contributed by atoms with van der Waals surface area (Å²) in [6.45, 7) is 15.9. The zero-order valence-electron chi connectivity index (χ0n) is 31.8. The first kappa shape index (κ1) is 37.9. The summed E-state index contributed by atoms with van der Waals surface area (Å²) in [6, 6.07) is 28.1. The predicted molar refractivity (Wildman–Crippen MR) is 229 cm³/mol. The molecule has 4 heterocycles. The average Bonchev–Trinajstić information content (AvgIpc) is 3.21. The molecule has 2 unspecified atom stereocenters. The molecule has 5 aromatic rings. The van der Waals surface area contributed by atoms with Gasteiger partial charge in [0.1, 0.15) is 0 Å². The molecule has 0 saturated carbocycles. The molecule has 2 atom stereocenters. The third kappa shape index (κ3) is 9.19. The topological polar surface area (TPSA) is 50.7 Å². The second-order valence-corrected chi connectivity index (χ2v) is 14.0. The summed E-state index contributed by atoms with van der Waals surface area (Å²) in [6.07, 6.45) is 27.1. The van der Waals surface area contributed by atoms with Crippen molar-refractivity contribution >= 4 is 17.3 Å². The Kier molecular flexibility index (Phi) is 13.2. The van der Waals surface area contributed by atoms with E-state index in [1.807, 2.05) is 43.0 Å². The van der Waals surface area contributed by atoms with Gasteiger partial charge in [-0.05, 0) is 133 Å². The first-order valence-corrected chi connectivity index (χ1v) is 19.2. The molecule has 1 aliphatic carbocycles. The van der Waals surface area contributed by atoms with E-state index in [9.17, 15) is 0 Å². The Morgan fingerprint density at radius 2 is 1.52 bits per heavy atom. The number of allylic oxidation sites excluding steroid dienone is 6. The Balaban J connectivity index is 0.000000185. The van der Waals surface area contributed by atoms with Gasteiger partial charge in [-0.2, -0.15) is 0 Å². The number of nitrogens with zero attached hydrogens (tertiary/aromatic N) is 3. The summed E-state index contributed by atoms with van der Waals surface area (Å²) >= 11 is 0. The summed E-state index contributed by atoms with van der Waals surface area (Å²) in [4.78, 5) is 13.6. The number of rotatable bonds is 13. The van der Waals surface area contributed by atoms with Crippen LogP contribution in [0.3, 0.4) is 0 Å². The van der Waals surface area contributed by atoms with Crippen LogP contribution in [0.2, 0.25) is 0 Å². The molecule has 7 rings (SSSR count). The predicted octanol–water partition coefficient (Wildman–Crippen LogP) is 11.9. The highest BCUT2D eigenvalue weighted by Gasteiger charge is 2.29. The van der Waals surface area contributed by atoms with Crippen LogP contribution in [0.25, 0.3) is 28.5 Å². The monoisotopic (exact) mass is 708 g/mol. The number of aromatic nitrogens is 3. The van der Waals surface area contributed by atoms with Gasteiger partial charge in [0, 0.05) is 42.4 Å². The molecule has 0 spiro atoms. The van der Waals surface area contributed by atoms with E-state index in [4.69, 9.17) is 4.98 Å². The Morgan fingerprint density at radius 1 is 0.815 bits per heavy atom. The van der Waals surface area contributed by atoms with E-state index in [0.29, 0.717) is 0 Å². The van der Waals surface area contributed by atoms with Gasteiger partial charge in [-0.25, -0.2) is 0 Å². The molecule has 4 heteroatoms. The van der Waals surface area contributed by atoms with Crippen LogP contribution in [-0.4, -0.2) is 21.0 Å². The van der Waals surface area contributed by atoms with Crippen molar-refractivity contribution in [2.75, 3.05) is 0 Å². The number of hydrogen-bond donors (Lipinski definition) is 1. The van der Waals surface area contributed by atoms with Gasteiger partial charge in [0.05, 0.1) is 11.4 Å². The fourth-order valence-electron chi connectivity index (χ4n) is 7.53. The van der Waals surface area contributed by atoms with Crippen LogP contribution >= 0.6 is 0 Å². The molecule has 2 aliphatic rings. The summed E-state index contributed by atoms with van der Waals surface area (Å²) in [5.74, 6) is 0.290. The van der Waals surface area contributed by atoms with Crippen molar-refractivity contribution in [3.05, 3.63) is 204 Å². The number of aryl methyl sites for hydroxylation is 3. The van der Waals surface area contributed by atoms with Crippen molar-refractivity contribution in [1.82, 2.24) is 20.3 Å². The number of nitrogens with one attached hydrogen (secondary N) is 1. The number of unbranched alkanes of at least 4 members (excludes halogenated alkanes) is 1. The van der Waals surface area contributed by atoms with E-state index >= 15 is 0 Å². The van der Waals surface area contributed by atoms with E-state index < -0.39 is 0 Å². The fourth-order valence-corrected chi connectivity index (χ4v) is 7.53. The Labute approximate surface area is 322 Å². The van der Waals surface area contributed by atoms with Crippen molar-refractivity contribution in [2.24, 2.45) is 0 Å². The molecule has 54 heavy (non-hydrogen) atoms. The lowest BCUT2D eigenvalue weighted by molar-refractivity contribution is 0.748. The summed E-state index contributed by atoms with van der Waals surface area (Å²) in [7, 11) is 0. The number of benzene rings is 2. The molecule has 1 N–H and O–H groups in total. The van der Waals surface area contributed by atoms with Crippen molar-refractivity contribution in [2.45, 2.75) is 70.8 Å². The van der Waals surface area contributed by atoms with Crippen LogP contribution in [-0.2, 0) is 19.3 Å². The minimum atomic E-state index is 0.280. The van der Waals surface area contributed by atoms with Crippen molar-refractivity contribution < 1.29 is 0 Å². The highest BCUT2D eigenvalue weighted by atomic mass is 15.0. The van der Waals surface area contributed by atoms with Gasteiger partial charge in [-0.3, -0.25) is 15.0 Å². The van der Waals surface area contributed by atoms with Crippen molar-refractivity contribution in [3.63, 3.8) is 0 Å². The molecule has 272 valence electrons. The van der Waals surface area contributed by atoms with Gasteiger partial charge in [0.2, 0.25) is 0 Å². The third-order valence-corrected chi connectivity index (χ3v) is 10.2. The quantitative estimate of drug-likeness (QED) is 0.0977. The lowest BCUT2D eigenvalue weighted by Crippen LogP contribution is -2.31. The largest absolute Gasteiger partial charge is 0.377 e. The molecule has 0 bridgehead atoms. The molecule has 2 aromatic carbocycles. The van der Waals surface area contributed by atoms with E-state index in [-0.39, 0.29) is 12.0 Å². The number of fused-ring (bicyclic) bond motifs is 2. The molecule has 0 saturated heterocycles.